The lowest BCUT2D eigenvalue weighted by atomic mass is 10.3. The zero-order chi connectivity index (χ0) is 10.7. The molecule has 0 saturated carbocycles. The van der Waals surface area contributed by atoms with Crippen LogP contribution in [0, 0.1) is 11.3 Å². The lowest BCUT2D eigenvalue weighted by Gasteiger charge is -2.03. The molecule has 0 radical (unpaired) electrons. The van der Waals surface area contributed by atoms with Gasteiger partial charge >= 0.3 is 0 Å². The van der Waals surface area contributed by atoms with Crippen LogP contribution in [0.4, 0.5) is 0 Å². The highest BCUT2D eigenvalue weighted by molar-refractivity contribution is 9.13. The Morgan fingerprint density at radius 1 is 1.71 bits per heavy atom. The molecule has 74 valence electrons. The first-order chi connectivity index (χ1) is 6.54. The molecule has 1 heterocycles. The standard InChI is InChI=1S/C8H6Br2N2OS/c1-4(3-11)12-8(13)6-2-5(9)7(10)14-6/h2,4H,1H3,(H,12,13). The largest absolute Gasteiger partial charge is 0.336 e. The van der Waals surface area contributed by atoms with Gasteiger partial charge in [0.1, 0.15) is 6.04 Å². The van der Waals surface area contributed by atoms with Gasteiger partial charge in [-0.05, 0) is 44.8 Å². The lowest BCUT2D eigenvalue weighted by molar-refractivity contribution is 0.0952. The maximum absolute atomic E-state index is 11.5. The molecule has 0 aliphatic heterocycles. The van der Waals surface area contributed by atoms with Gasteiger partial charge in [-0.1, -0.05) is 0 Å². The summed E-state index contributed by atoms with van der Waals surface area (Å²) in [7, 11) is 0. The third-order valence-corrected chi connectivity index (χ3v) is 4.67. The van der Waals surface area contributed by atoms with E-state index in [2.05, 4.69) is 37.2 Å². The number of thiophene rings is 1. The highest BCUT2D eigenvalue weighted by Gasteiger charge is 2.13. The molecule has 0 aliphatic carbocycles. The Bertz CT molecular complexity index is 377. The predicted octanol–water partition coefficient (Wildman–Crippen LogP) is 2.91. The summed E-state index contributed by atoms with van der Waals surface area (Å²) in [5.74, 6) is -0.226. The van der Waals surface area contributed by atoms with Crippen LogP contribution >= 0.6 is 43.2 Å². The number of hydrogen-bond donors (Lipinski definition) is 1. The molecular formula is C8H6Br2N2OS. The van der Waals surface area contributed by atoms with Crippen molar-refractivity contribution in [3.05, 3.63) is 19.2 Å². The minimum Gasteiger partial charge on any atom is -0.336 e. The molecular weight excluding hydrogens is 332 g/mol. The summed E-state index contributed by atoms with van der Waals surface area (Å²) in [6.07, 6.45) is 0. The first-order valence-electron chi connectivity index (χ1n) is 3.70. The molecule has 0 spiro atoms. The van der Waals surface area contributed by atoms with Gasteiger partial charge in [-0.3, -0.25) is 4.79 Å². The number of carbonyl (C=O) groups excluding carboxylic acids is 1. The SMILES string of the molecule is CC(C#N)NC(=O)c1cc(Br)c(Br)s1. The van der Waals surface area contributed by atoms with E-state index < -0.39 is 6.04 Å². The van der Waals surface area contributed by atoms with Crippen molar-refractivity contribution in [2.45, 2.75) is 13.0 Å². The van der Waals surface area contributed by atoms with Crippen LogP contribution in [-0.2, 0) is 0 Å². The van der Waals surface area contributed by atoms with Crippen LogP contribution in [0.15, 0.2) is 14.3 Å². The van der Waals surface area contributed by atoms with Gasteiger partial charge in [-0.25, -0.2) is 0 Å². The van der Waals surface area contributed by atoms with E-state index in [0.717, 1.165) is 8.26 Å². The summed E-state index contributed by atoms with van der Waals surface area (Å²) in [5.41, 5.74) is 0. The summed E-state index contributed by atoms with van der Waals surface area (Å²) in [4.78, 5) is 12.1. The van der Waals surface area contributed by atoms with Gasteiger partial charge in [0.05, 0.1) is 14.7 Å². The van der Waals surface area contributed by atoms with Crippen molar-refractivity contribution in [3.8, 4) is 6.07 Å². The molecule has 0 aromatic carbocycles. The van der Waals surface area contributed by atoms with Gasteiger partial charge in [0, 0.05) is 4.47 Å². The number of nitrogens with zero attached hydrogens (tertiary/aromatic N) is 1. The van der Waals surface area contributed by atoms with Crippen LogP contribution in [0.5, 0.6) is 0 Å². The summed E-state index contributed by atoms with van der Waals surface area (Å²) < 4.78 is 1.71. The minimum absolute atomic E-state index is 0.226. The van der Waals surface area contributed by atoms with Crippen molar-refractivity contribution in [2.75, 3.05) is 0 Å². The molecule has 1 rings (SSSR count). The van der Waals surface area contributed by atoms with Crippen LogP contribution < -0.4 is 5.32 Å². The summed E-state index contributed by atoms with van der Waals surface area (Å²) in [6, 6.07) is 3.18. The Balaban J connectivity index is 2.76. The molecule has 1 atom stereocenters. The van der Waals surface area contributed by atoms with Crippen LogP contribution in [0.3, 0.4) is 0 Å². The Kier molecular flexibility index (Phi) is 4.11. The van der Waals surface area contributed by atoms with Crippen molar-refractivity contribution >= 4 is 49.1 Å². The van der Waals surface area contributed by atoms with Crippen LogP contribution in [0.25, 0.3) is 0 Å². The Hall–Kier alpha value is -0.380. The molecule has 0 bridgehead atoms. The molecule has 0 saturated heterocycles. The first-order valence-corrected chi connectivity index (χ1v) is 6.10. The second-order valence-corrected chi connectivity index (χ2v) is 5.78. The van der Waals surface area contributed by atoms with Gasteiger partial charge < -0.3 is 5.32 Å². The number of rotatable bonds is 2. The van der Waals surface area contributed by atoms with E-state index in [9.17, 15) is 4.79 Å². The van der Waals surface area contributed by atoms with E-state index in [0.29, 0.717) is 4.88 Å². The number of nitrogens with one attached hydrogen (secondary N) is 1. The fourth-order valence-electron chi connectivity index (χ4n) is 0.759. The smallest absolute Gasteiger partial charge is 0.262 e. The normalized spacial score (nSPS) is 11.9. The molecule has 14 heavy (non-hydrogen) atoms. The quantitative estimate of drug-likeness (QED) is 0.902. The molecule has 1 unspecified atom stereocenters. The van der Waals surface area contributed by atoms with Gasteiger partial charge in [-0.2, -0.15) is 5.26 Å². The highest BCUT2D eigenvalue weighted by Crippen LogP contribution is 2.32. The van der Waals surface area contributed by atoms with Crippen molar-refractivity contribution in [2.24, 2.45) is 0 Å². The molecule has 6 heteroatoms. The number of nitriles is 1. The van der Waals surface area contributed by atoms with Crippen LogP contribution in [0.2, 0.25) is 0 Å². The molecule has 1 aromatic rings. The topological polar surface area (TPSA) is 52.9 Å². The molecule has 1 aromatic heterocycles. The second-order valence-electron chi connectivity index (χ2n) is 2.56. The van der Waals surface area contributed by atoms with Crippen molar-refractivity contribution in [3.63, 3.8) is 0 Å². The van der Waals surface area contributed by atoms with Crippen LogP contribution in [-0.4, -0.2) is 11.9 Å². The number of halogens is 2. The lowest BCUT2D eigenvalue weighted by Crippen LogP contribution is -2.30. The summed E-state index contributed by atoms with van der Waals surface area (Å²) in [5, 5.41) is 11.1. The van der Waals surface area contributed by atoms with E-state index in [4.69, 9.17) is 5.26 Å². The first kappa shape index (κ1) is 11.7. The third-order valence-electron chi connectivity index (χ3n) is 1.41. The van der Waals surface area contributed by atoms with Crippen molar-refractivity contribution in [1.82, 2.24) is 5.32 Å². The third kappa shape index (κ3) is 2.80. The van der Waals surface area contributed by atoms with Gasteiger partial charge in [-0.15, -0.1) is 11.3 Å². The van der Waals surface area contributed by atoms with Gasteiger partial charge in [0.25, 0.3) is 5.91 Å². The van der Waals surface area contributed by atoms with Crippen molar-refractivity contribution < 1.29 is 4.79 Å². The zero-order valence-corrected chi connectivity index (χ0v) is 11.2. The molecule has 1 amide bonds. The van der Waals surface area contributed by atoms with Gasteiger partial charge in [0.15, 0.2) is 0 Å². The molecule has 3 nitrogen and oxygen atoms in total. The van der Waals surface area contributed by atoms with E-state index in [-0.39, 0.29) is 5.91 Å². The van der Waals surface area contributed by atoms with E-state index in [1.807, 2.05) is 6.07 Å². The van der Waals surface area contributed by atoms with E-state index in [1.165, 1.54) is 11.3 Å². The Morgan fingerprint density at radius 2 is 2.36 bits per heavy atom. The number of amides is 1. The van der Waals surface area contributed by atoms with Gasteiger partial charge in [0.2, 0.25) is 0 Å². The monoisotopic (exact) mass is 336 g/mol. The maximum Gasteiger partial charge on any atom is 0.262 e. The summed E-state index contributed by atoms with van der Waals surface area (Å²) >= 11 is 7.90. The average molecular weight is 338 g/mol. The summed E-state index contributed by atoms with van der Waals surface area (Å²) in [6.45, 7) is 1.63. The fourth-order valence-corrected chi connectivity index (χ4v) is 2.70. The van der Waals surface area contributed by atoms with Crippen LogP contribution in [0.1, 0.15) is 16.6 Å². The zero-order valence-electron chi connectivity index (χ0n) is 7.17. The Labute approximate surface area is 102 Å². The number of hydrogen-bond acceptors (Lipinski definition) is 3. The average Bonchev–Trinajstić information content (AvgIpc) is 2.47. The molecule has 0 fully saturated rings. The second kappa shape index (κ2) is 4.91. The number of carbonyl (C=O) groups is 1. The van der Waals surface area contributed by atoms with E-state index >= 15 is 0 Å². The van der Waals surface area contributed by atoms with E-state index in [1.54, 1.807) is 13.0 Å². The molecule has 0 aliphatic rings. The molecule has 1 N–H and O–H groups in total. The minimum atomic E-state index is -0.470. The predicted molar refractivity (Wildman–Crippen MR) is 62.3 cm³/mol. The maximum atomic E-state index is 11.5. The van der Waals surface area contributed by atoms with Crippen molar-refractivity contribution in [1.29, 1.82) is 5.26 Å². The Morgan fingerprint density at radius 3 is 2.79 bits per heavy atom. The highest BCUT2D eigenvalue weighted by atomic mass is 79.9. The fraction of sp³-hybridized carbons (Fsp3) is 0.250.